The van der Waals surface area contributed by atoms with Crippen LogP contribution in [0.25, 0.3) is 21.9 Å². The fourth-order valence-corrected chi connectivity index (χ4v) is 6.60. The molecule has 226 valence electrons. The average molecular weight is 699 g/mol. The minimum Gasteiger partial charge on any atom is -1.00 e. The molecule has 0 atom stereocenters. The fraction of sp³-hybridized carbons (Fsp3) is 0.474. The predicted molar refractivity (Wildman–Crippen MR) is 178 cm³/mol. The van der Waals surface area contributed by atoms with E-state index in [-0.39, 0.29) is 67.3 Å². The molecule has 0 aromatic heterocycles. The summed E-state index contributed by atoms with van der Waals surface area (Å²) >= 11 is 0. The second kappa shape index (κ2) is 15.4. The maximum Gasteiger partial charge on any atom is 4.00 e. The Labute approximate surface area is 292 Å². The van der Waals surface area contributed by atoms with Crippen molar-refractivity contribution in [1.29, 1.82) is 0 Å². The van der Waals surface area contributed by atoms with Gasteiger partial charge in [0.25, 0.3) is 0 Å². The third kappa shape index (κ3) is 8.62. The van der Waals surface area contributed by atoms with Crippen molar-refractivity contribution >= 4 is 20.3 Å². The molecule has 0 saturated carbocycles. The molecule has 0 amide bonds. The van der Waals surface area contributed by atoms with Crippen molar-refractivity contribution in [2.24, 2.45) is 0 Å². The zero-order valence-corrected chi connectivity index (χ0v) is 33.6. The molecule has 0 unspecified atom stereocenters. The number of hydrogen-bond donors (Lipinski definition) is 0. The van der Waals surface area contributed by atoms with Gasteiger partial charge in [0, 0.05) is 9.52 Å². The van der Waals surface area contributed by atoms with E-state index in [4.69, 9.17) is 0 Å². The summed E-state index contributed by atoms with van der Waals surface area (Å²) in [5.41, 5.74) is 15.0. The van der Waals surface area contributed by atoms with Gasteiger partial charge in [0.1, 0.15) is 0 Å². The van der Waals surface area contributed by atoms with Crippen molar-refractivity contribution in [3.8, 4) is 11.1 Å². The van der Waals surface area contributed by atoms with Gasteiger partial charge in [-0.1, -0.05) is 132 Å². The first-order chi connectivity index (χ1) is 17.9. The first-order valence-electron chi connectivity index (χ1n) is 14.6. The third-order valence-electron chi connectivity index (χ3n) is 8.66. The third-order valence-corrected chi connectivity index (χ3v) is 8.66. The van der Waals surface area contributed by atoms with E-state index < -0.39 is 0 Å². The van der Waals surface area contributed by atoms with Crippen LogP contribution in [0.4, 0.5) is 0 Å². The van der Waals surface area contributed by atoms with Crippen LogP contribution in [0.5, 0.6) is 0 Å². The molecule has 5 rings (SSSR count). The fourth-order valence-electron chi connectivity index (χ4n) is 6.60. The summed E-state index contributed by atoms with van der Waals surface area (Å²) in [6.45, 7) is 31.7. The quantitative estimate of drug-likeness (QED) is 0.189. The van der Waals surface area contributed by atoms with Gasteiger partial charge in [-0.3, -0.25) is 0 Å². The van der Waals surface area contributed by atoms with E-state index in [1.807, 2.05) is 0 Å². The first-order valence-corrected chi connectivity index (χ1v) is 16.6. The minimum absolute atomic E-state index is 0. The van der Waals surface area contributed by atoms with Crippen molar-refractivity contribution < 1.29 is 51.0 Å². The standard InChI is InChI=1S/C27H33.C9H13.C2H6Si.2ClH.Zr/c1-17-13-19-15-22-24(27(7,8)16-26(22,5)6)23(21(19)14-17)18-9-11-20(12-10-18)25(2,3)4;1-6-5-7(2)9(4)8(6)3;1-3-2;;;/h9-15H,16H2,1-8H3;5H,1-4H3;1-2H3;2*1H;/q2*-1;;;;+4/p-2. The van der Waals surface area contributed by atoms with E-state index in [2.05, 4.69) is 145 Å². The zero-order valence-electron chi connectivity index (χ0n) is 28.6. The molecular weight excluding hydrogens is 647 g/mol. The van der Waals surface area contributed by atoms with Gasteiger partial charge < -0.3 is 24.8 Å². The maximum absolute atomic E-state index is 2.47. The molecule has 4 aromatic carbocycles. The van der Waals surface area contributed by atoms with E-state index in [1.165, 1.54) is 61.7 Å². The number of benzene rings is 2. The number of hydrogen-bond acceptors (Lipinski definition) is 0. The summed E-state index contributed by atoms with van der Waals surface area (Å²) in [5.74, 6) is 0. The molecule has 0 N–H and O–H groups in total. The minimum atomic E-state index is 0. The molecule has 0 nitrogen and oxygen atoms in total. The second-order valence-electron chi connectivity index (χ2n) is 14.2. The van der Waals surface area contributed by atoms with E-state index >= 15 is 0 Å². The maximum atomic E-state index is 2.47. The molecule has 0 saturated heterocycles. The van der Waals surface area contributed by atoms with Crippen molar-refractivity contribution in [3.05, 3.63) is 93.0 Å². The molecule has 0 bridgehead atoms. The smallest absolute Gasteiger partial charge is 1.00 e. The van der Waals surface area contributed by atoms with Gasteiger partial charge in [0.15, 0.2) is 0 Å². The van der Waals surface area contributed by atoms with Crippen molar-refractivity contribution in [1.82, 2.24) is 0 Å². The van der Waals surface area contributed by atoms with E-state index in [0.29, 0.717) is 0 Å². The van der Waals surface area contributed by atoms with Gasteiger partial charge in [-0.15, -0.1) is 28.5 Å². The van der Waals surface area contributed by atoms with Crippen LogP contribution in [0.3, 0.4) is 0 Å². The van der Waals surface area contributed by atoms with Gasteiger partial charge >= 0.3 is 26.2 Å². The van der Waals surface area contributed by atoms with Crippen LogP contribution in [0.2, 0.25) is 13.1 Å². The Morgan fingerprint density at radius 1 is 0.738 bits per heavy atom. The Morgan fingerprint density at radius 2 is 1.21 bits per heavy atom. The van der Waals surface area contributed by atoms with Crippen LogP contribution in [-0.2, 0) is 42.4 Å². The van der Waals surface area contributed by atoms with Crippen LogP contribution < -0.4 is 24.8 Å². The summed E-state index contributed by atoms with van der Waals surface area (Å²) in [5, 5.41) is 2.81. The zero-order chi connectivity index (χ0) is 29.5. The van der Waals surface area contributed by atoms with Gasteiger partial charge in [-0.2, -0.15) is 34.4 Å². The Morgan fingerprint density at radius 3 is 1.62 bits per heavy atom. The number of rotatable bonds is 1. The van der Waals surface area contributed by atoms with Crippen LogP contribution in [0.15, 0.2) is 48.5 Å². The monoisotopic (exact) mass is 696 g/mol. The number of fused-ring (bicyclic) bond motifs is 2. The van der Waals surface area contributed by atoms with Gasteiger partial charge in [0.2, 0.25) is 0 Å². The number of halogens is 2. The van der Waals surface area contributed by atoms with E-state index in [9.17, 15) is 0 Å². The molecule has 0 aliphatic heterocycles. The van der Waals surface area contributed by atoms with Gasteiger partial charge in [0.05, 0.1) is 0 Å². The Balaban J connectivity index is 0.000000953. The normalized spacial score (nSPS) is 14.2. The first kappa shape index (κ1) is 41.1. The van der Waals surface area contributed by atoms with Gasteiger partial charge in [-0.25, -0.2) is 0 Å². The molecular formula is C38H52Cl2SiZr. The molecule has 0 spiro atoms. The van der Waals surface area contributed by atoms with Crippen LogP contribution in [0.1, 0.15) is 99.4 Å². The van der Waals surface area contributed by atoms with E-state index in [0.717, 1.165) is 9.52 Å². The molecule has 1 aliphatic rings. The molecule has 0 heterocycles. The largest absolute Gasteiger partial charge is 4.00 e. The summed E-state index contributed by atoms with van der Waals surface area (Å²) in [6.07, 6.45) is 1.20. The van der Waals surface area contributed by atoms with Crippen molar-refractivity contribution in [3.63, 3.8) is 0 Å². The topological polar surface area (TPSA) is 0 Å². The molecule has 4 aromatic rings. The Kier molecular flexibility index (Phi) is 15.0. The Hall–Kier alpha value is -0.920. The predicted octanol–water partition coefficient (Wildman–Crippen LogP) is 5.22. The molecule has 4 heteroatoms. The van der Waals surface area contributed by atoms with Crippen LogP contribution >= 0.6 is 0 Å². The number of aryl methyl sites for hydroxylation is 3. The second-order valence-corrected chi connectivity index (χ2v) is 15.2. The summed E-state index contributed by atoms with van der Waals surface area (Å²) in [6, 6.07) is 18.8. The Bertz CT molecular complexity index is 1420. The van der Waals surface area contributed by atoms with Crippen molar-refractivity contribution in [2.75, 3.05) is 0 Å². The SMILES string of the molecule is C[Si]C.Cc1[cH-]c(C)c(C)c1C.Cc1cc2c(-c3ccc(C(C)(C)C)cc3)c3c(cc2[cH-]1)C(C)(C)CC3(C)C.[Cl-].[Cl-].[Zr+4]. The molecule has 1 aliphatic carbocycles. The molecule has 0 fully saturated rings. The molecule has 42 heavy (non-hydrogen) atoms. The van der Waals surface area contributed by atoms with E-state index in [1.54, 1.807) is 11.1 Å². The summed E-state index contributed by atoms with van der Waals surface area (Å²) < 4.78 is 0. The van der Waals surface area contributed by atoms with Gasteiger partial charge in [-0.05, 0) is 39.4 Å². The van der Waals surface area contributed by atoms with Crippen LogP contribution in [-0.4, -0.2) is 9.52 Å². The molecule has 2 radical (unpaired) electrons. The van der Waals surface area contributed by atoms with Crippen LogP contribution in [0, 0.1) is 34.6 Å². The summed E-state index contributed by atoms with van der Waals surface area (Å²) in [7, 11) is 1.08. The average Bonchev–Trinajstić information content (AvgIpc) is 3.37. The van der Waals surface area contributed by atoms with Crippen molar-refractivity contribution in [2.45, 2.75) is 119 Å². The summed E-state index contributed by atoms with van der Waals surface area (Å²) in [4.78, 5) is 0.